The van der Waals surface area contributed by atoms with Gasteiger partial charge in [0.1, 0.15) is 10.8 Å². The molecule has 1 aromatic carbocycles. The normalized spacial score (nSPS) is 11.8. The number of nitrogens with zero attached hydrogens (tertiary/aromatic N) is 3. The molecule has 0 radical (unpaired) electrons. The number of hydrogen-bond donors (Lipinski definition) is 1. The Kier molecular flexibility index (Phi) is 4.99. The van der Waals surface area contributed by atoms with E-state index < -0.39 is 10.0 Å². The summed E-state index contributed by atoms with van der Waals surface area (Å²) in [6.45, 7) is 0.231. The Hall–Kier alpha value is -2.42. The Balaban J connectivity index is 1.71. The van der Waals surface area contributed by atoms with Crippen LogP contribution in [0.15, 0.2) is 53.6 Å². The molecule has 0 aliphatic rings. The van der Waals surface area contributed by atoms with Crippen LogP contribution in [0, 0.1) is 0 Å². The van der Waals surface area contributed by atoms with Gasteiger partial charge in [-0.15, -0.1) is 0 Å². The number of fused-ring (bicyclic) bond motifs is 1. The molecule has 0 aliphatic carbocycles. The van der Waals surface area contributed by atoms with Gasteiger partial charge in [-0.1, -0.05) is 17.7 Å². The second kappa shape index (κ2) is 7.06. The third kappa shape index (κ3) is 3.57. The number of imidazole rings is 1. The summed E-state index contributed by atoms with van der Waals surface area (Å²) >= 11 is 6.09. The minimum atomic E-state index is -3.52. The van der Waals surface area contributed by atoms with Gasteiger partial charge in [0.25, 0.3) is 5.91 Å². The van der Waals surface area contributed by atoms with Crippen LogP contribution < -0.4 is 5.32 Å². The van der Waals surface area contributed by atoms with Gasteiger partial charge in [0, 0.05) is 25.9 Å². The van der Waals surface area contributed by atoms with Gasteiger partial charge in [0.15, 0.2) is 0 Å². The van der Waals surface area contributed by atoms with Crippen LogP contribution in [0.5, 0.6) is 0 Å². The van der Waals surface area contributed by atoms with E-state index in [1.165, 1.54) is 38.4 Å². The molecule has 2 aromatic heterocycles. The molecule has 0 saturated heterocycles. The van der Waals surface area contributed by atoms with E-state index in [9.17, 15) is 13.2 Å². The number of pyridine rings is 1. The van der Waals surface area contributed by atoms with Gasteiger partial charge < -0.3 is 5.32 Å². The maximum atomic E-state index is 12.3. The number of carbonyl (C=O) groups excluding carboxylic acids is 1. The average Bonchev–Trinajstić information content (AvgIpc) is 3.04. The van der Waals surface area contributed by atoms with E-state index in [1.54, 1.807) is 22.7 Å². The number of aromatic nitrogens is 2. The van der Waals surface area contributed by atoms with Crippen molar-refractivity contribution in [3.05, 3.63) is 65.1 Å². The number of nitrogens with one attached hydrogen (secondary N) is 1. The fourth-order valence-corrected chi connectivity index (χ4v) is 3.48. The van der Waals surface area contributed by atoms with Crippen molar-refractivity contribution in [3.63, 3.8) is 0 Å². The second-order valence-corrected chi connectivity index (χ2v) is 8.34. The van der Waals surface area contributed by atoms with Crippen LogP contribution >= 0.6 is 11.6 Å². The highest BCUT2D eigenvalue weighted by Gasteiger charge is 2.17. The van der Waals surface area contributed by atoms with E-state index in [-0.39, 0.29) is 17.3 Å². The SMILES string of the molecule is CN(C)S(=O)(=O)c1ccc(C(=O)NCc2cn3c(Cl)cccc3n2)cc1. The topological polar surface area (TPSA) is 83.8 Å². The van der Waals surface area contributed by atoms with Crippen molar-refractivity contribution in [1.29, 1.82) is 0 Å². The van der Waals surface area contributed by atoms with E-state index >= 15 is 0 Å². The predicted octanol–water partition coefficient (Wildman–Crippen LogP) is 2.17. The van der Waals surface area contributed by atoms with Gasteiger partial charge in [-0.2, -0.15) is 0 Å². The zero-order chi connectivity index (χ0) is 18.9. The number of amides is 1. The summed E-state index contributed by atoms with van der Waals surface area (Å²) < 4.78 is 26.9. The summed E-state index contributed by atoms with van der Waals surface area (Å²) in [5.74, 6) is -0.318. The third-order valence-electron chi connectivity index (χ3n) is 3.82. The fraction of sp³-hybridized carbons (Fsp3) is 0.176. The van der Waals surface area contributed by atoms with Crippen molar-refractivity contribution in [2.75, 3.05) is 14.1 Å². The molecule has 0 aliphatic heterocycles. The second-order valence-electron chi connectivity index (χ2n) is 5.80. The highest BCUT2D eigenvalue weighted by Crippen LogP contribution is 2.15. The van der Waals surface area contributed by atoms with Crippen molar-refractivity contribution in [3.8, 4) is 0 Å². The minimum absolute atomic E-state index is 0.133. The smallest absolute Gasteiger partial charge is 0.251 e. The van der Waals surface area contributed by atoms with Crippen LogP contribution in [-0.4, -0.2) is 42.1 Å². The third-order valence-corrected chi connectivity index (χ3v) is 5.95. The average molecular weight is 393 g/mol. The van der Waals surface area contributed by atoms with Gasteiger partial charge in [-0.25, -0.2) is 17.7 Å². The van der Waals surface area contributed by atoms with E-state index in [0.717, 1.165) is 4.31 Å². The first-order chi connectivity index (χ1) is 12.3. The van der Waals surface area contributed by atoms with Gasteiger partial charge in [0.05, 0.1) is 17.1 Å². The zero-order valence-electron chi connectivity index (χ0n) is 14.2. The largest absolute Gasteiger partial charge is 0.346 e. The molecular formula is C17H17ClN4O3S. The van der Waals surface area contributed by atoms with Crippen LogP contribution in [0.4, 0.5) is 0 Å². The van der Waals surface area contributed by atoms with Crippen LogP contribution in [-0.2, 0) is 16.6 Å². The predicted molar refractivity (Wildman–Crippen MR) is 98.7 cm³/mol. The Morgan fingerprint density at radius 2 is 1.88 bits per heavy atom. The number of halogens is 1. The molecule has 7 nitrogen and oxygen atoms in total. The van der Waals surface area contributed by atoms with Crippen LogP contribution in [0.3, 0.4) is 0 Å². The van der Waals surface area contributed by atoms with Gasteiger partial charge in [-0.05, 0) is 36.4 Å². The molecule has 0 atom stereocenters. The molecule has 1 amide bonds. The van der Waals surface area contributed by atoms with Crippen molar-refractivity contribution in [1.82, 2.24) is 19.0 Å². The first-order valence-corrected chi connectivity index (χ1v) is 9.54. The van der Waals surface area contributed by atoms with Gasteiger partial charge in [0.2, 0.25) is 10.0 Å². The standard InChI is InChI=1S/C17H17ClN4O3S/c1-21(2)26(24,25)14-8-6-12(7-9-14)17(23)19-10-13-11-22-15(18)4-3-5-16(22)20-13/h3-9,11H,10H2,1-2H3,(H,19,23). The van der Waals surface area contributed by atoms with E-state index in [1.807, 2.05) is 6.07 Å². The lowest BCUT2D eigenvalue weighted by atomic mass is 10.2. The minimum Gasteiger partial charge on any atom is -0.346 e. The number of sulfonamides is 1. The van der Waals surface area contributed by atoms with E-state index in [2.05, 4.69) is 10.3 Å². The molecule has 0 spiro atoms. The molecule has 3 aromatic rings. The molecule has 136 valence electrons. The lowest BCUT2D eigenvalue weighted by molar-refractivity contribution is 0.0950. The van der Waals surface area contributed by atoms with Crippen molar-refractivity contribution < 1.29 is 13.2 Å². The molecule has 2 heterocycles. The van der Waals surface area contributed by atoms with E-state index in [4.69, 9.17) is 11.6 Å². The quantitative estimate of drug-likeness (QED) is 0.674. The fourth-order valence-electron chi connectivity index (χ4n) is 2.37. The van der Waals surface area contributed by atoms with Gasteiger partial charge in [-0.3, -0.25) is 9.20 Å². The summed E-state index contributed by atoms with van der Waals surface area (Å²) in [5.41, 5.74) is 1.72. The molecular weight excluding hydrogens is 376 g/mol. The lowest BCUT2D eigenvalue weighted by Gasteiger charge is -2.11. The Labute approximate surface area is 156 Å². The highest BCUT2D eigenvalue weighted by atomic mass is 35.5. The Morgan fingerprint density at radius 3 is 2.50 bits per heavy atom. The van der Waals surface area contributed by atoms with E-state index in [0.29, 0.717) is 22.1 Å². The molecule has 0 unspecified atom stereocenters. The van der Waals surface area contributed by atoms with Crippen LogP contribution in [0.2, 0.25) is 5.15 Å². The summed E-state index contributed by atoms with van der Waals surface area (Å²) in [7, 11) is -0.606. The summed E-state index contributed by atoms with van der Waals surface area (Å²) in [4.78, 5) is 16.8. The van der Waals surface area contributed by atoms with Crippen molar-refractivity contribution >= 4 is 33.2 Å². The molecule has 0 bridgehead atoms. The highest BCUT2D eigenvalue weighted by molar-refractivity contribution is 7.89. The summed E-state index contributed by atoms with van der Waals surface area (Å²) in [5, 5.41) is 3.29. The number of rotatable bonds is 5. The first kappa shape index (κ1) is 18.4. The molecule has 0 fully saturated rings. The monoisotopic (exact) mass is 392 g/mol. The first-order valence-electron chi connectivity index (χ1n) is 7.72. The molecule has 3 rings (SSSR count). The number of hydrogen-bond acceptors (Lipinski definition) is 4. The Bertz CT molecular complexity index is 1060. The maximum absolute atomic E-state index is 12.3. The number of benzene rings is 1. The van der Waals surface area contributed by atoms with Crippen molar-refractivity contribution in [2.24, 2.45) is 0 Å². The molecule has 9 heteroatoms. The molecule has 1 N–H and O–H groups in total. The van der Waals surface area contributed by atoms with Crippen LogP contribution in [0.25, 0.3) is 5.65 Å². The van der Waals surface area contributed by atoms with Crippen LogP contribution in [0.1, 0.15) is 16.1 Å². The van der Waals surface area contributed by atoms with Crippen molar-refractivity contribution in [2.45, 2.75) is 11.4 Å². The molecule has 0 saturated carbocycles. The van der Waals surface area contributed by atoms with Gasteiger partial charge >= 0.3 is 0 Å². The maximum Gasteiger partial charge on any atom is 0.251 e. The lowest BCUT2D eigenvalue weighted by Crippen LogP contribution is -2.24. The number of carbonyl (C=O) groups is 1. The molecule has 26 heavy (non-hydrogen) atoms. The zero-order valence-corrected chi connectivity index (χ0v) is 15.8. The summed E-state index contributed by atoms with van der Waals surface area (Å²) in [6.07, 6.45) is 1.75. The Morgan fingerprint density at radius 1 is 1.19 bits per heavy atom. The summed E-state index contributed by atoms with van der Waals surface area (Å²) in [6, 6.07) is 11.2.